The summed E-state index contributed by atoms with van der Waals surface area (Å²) in [6.45, 7) is 0.738. The van der Waals surface area contributed by atoms with E-state index in [0.29, 0.717) is 11.1 Å². The van der Waals surface area contributed by atoms with Crippen LogP contribution in [0.1, 0.15) is 5.56 Å². The average Bonchev–Trinajstić information content (AvgIpc) is 2.77. The molecule has 1 aromatic carbocycles. The van der Waals surface area contributed by atoms with Crippen LogP contribution >= 0.6 is 12.2 Å². The van der Waals surface area contributed by atoms with Gasteiger partial charge >= 0.3 is 0 Å². The standard InChI is InChI=1S/C11H13N5S/c12-10-14-8-15-16(10)11(17)13-7-6-9-4-2-1-3-5-9/h1-5,8H,6-7H2,(H,13,17)(H2,12,14,15). The van der Waals surface area contributed by atoms with Crippen molar-refractivity contribution in [3.8, 4) is 0 Å². The van der Waals surface area contributed by atoms with Crippen LogP contribution in [0.2, 0.25) is 0 Å². The second kappa shape index (κ2) is 5.40. The van der Waals surface area contributed by atoms with Crippen LogP contribution in [0.3, 0.4) is 0 Å². The van der Waals surface area contributed by atoms with Crippen molar-refractivity contribution in [2.45, 2.75) is 6.42 Å². The summed E-state index contributed by atoms with van der Waals surface area (Å²) >= 11 is 5.15. The van der Waals surface area contributed by atoms with Crippen LogP contribution in [0.5, 0.6) is 0 Å². The van der Waals surface area contributed by atoms with E-state index >= 15 is 0 Å². The molecular formula is C11H13N5S. The molecule has 0 bridgehead atoms. The minimum atomic E-state index is 0.294. The van der Waals surface area contributed by atoms with Gasteiger partial charge in [-0.15, -0.1) is 0 Å². The summed E-state index contributed by atoms with van der Waals surface area (Å²) in [6.07, 6.45) is 2.27. The maximum atomic E-state index is 5.59. The highest BCUT2D eigenvalue weighted by Crippen LogP contribution is 1.99. The van der Waals surface area contributed by atoms with Crippen LogP contribution in [-0.2, 0) is 6.42 Å². The molecule has 0 aliphatic carbocycles. The molecule has 0 aliphatic heterocycles. The monoisotopic (exact) mass is 247 g/mol. The van der Waals surface area contributed by atoms with Crippen molar-refractivity contribution in [2.75, 3.05) is 12.3 Å². The number of nitrogen functional groups attached to an aromatic ring is 1. The molecule has 0 saturated carbocycles. The minimum absolute atomic E-state index is 0.294. The summed E-state index contributed by atoms with van der Waals surface area (Å²) in [6, 6.07) is 10.2. The third-order valence-corrected chi connectivity index (χ3v) is 2.62. The Morgan fingerprint density at radius 1 is 1.35 bits per heavy atom. The first kappa shape index (κ1) is 11.5. The summed E-state index contributed by atoms with van der Waals surface area (Å²) in [5.74, 6) is 0.294. The molecule has 0 radical (unpaired) electrons. The van der Waals surface area contributed by atoms with Gasteiger partial charge in [0.1, 0.15) is 6.33 Å². The zero-order valence-corrected chi connectivity index (χ0v) is 10.0. The number of rotatable bonds is 3. The summed E-state index contributed by atoms with van der Waals surface area (Å²) in [4.78, 5) is 3.81. The van der Waals surface area contributed by atoms with Crippen LogP contribution in [0.25, 0.3) is 0 Å². The van der Waals surface area contributed by atoms with Gasteiger partial charge in [0.2, 0.25) is 5.95 Å². The zero-order valence-electron chi connectivity index (χ0n) is 9.21. The number of nitrogens with two attached hydrogens (primary N) is 1. The number of nitrogens with one attached hydrogen (secondary N) is 1. The van der Waals surface area contributed by atoms with Crippen LogP contribution in [0, 0.1) is 0 Å². The maximum Gasteiger partial charge on any atom is 0.225 e. The van der Waals surface area contributed by atoms with E-state index in [9.17, 15) is 0 Å². The Morgan fingerprint density at radius 3 is 2.76 bits per heavy atom. The van der Waals surface area contributed by atoms with Crippen molar-refractivity contribution in [3.63, 3.8) is 0 Å². The molecule has 1 heterocycles. The third kappa shape index (κ3) is 3.01. The third-order valence-electron chi connectivity index (χ3n) is 2.30. The number of hydrogen-bond acceptors (Lipinski definition) is 4. The Bertz CT molecular complexity index is 494. The molecule has 6 heteroatoms. The molecule has 88 valence electrons. The van der Waals surface area contributed by atoms with E-state index in [4.69, 9.17) is 18.0 Å². The first-order valence-corrected chi connectivity index (χ1v) is 5.66. The molecule has 5 nitrogen and oxygen atoms in total. The quantitative estimate of drug-likeness (QED) is 0.786. The second-order valence-corrected chi connectivity index (χ2v) is 3.88. The molecule has 0 atom stereocenters. The number of nitrogens with zero attached hydrogens (tertiary/aromatic N) is 3. The van der Waals surface area contributed by atoms with Gasteiger partial charge in [-0.25, -0.2) is 0 Å². The molecule has 17 heavy (non-hydrogen) atoms. The molecule has 2 aromatic rings. The Labute approximate surface area is 105 Å². The van der Waals surface area contributed by atoms with Crippen molar-refractivity contribution in [2.24, 2.45) is 0 Å². The van der Waals surface area contributed by atoms with Crippen LogP contribution in [0.15, 0.2) is 36.7 Å². The fourth-order valence-corrected chi connectivity index (χ4v) is 1.68. The van der Waals surface area contributed by atoms with Crippen molar-refractivity contribution in [3.05, 3.63) is 42.2 Å². The SMILES string of the molecule is Nc1ncnn1C(=S)NCCc1ccccc1. The second-order valence-electron chi connectivity index (χ2n) is 3.50. The molecule has 3 N–H and O–H groups in total. The summed E-state index contributed by atoms with van der Waals surface area (Å²) in [5, 5.41) is 7.47. The number of benzene rings is 1. The number of anilines is 1. The topological polar surface area (TPSA) is 68.8 Å². The van der Waals surface area contributed by atoms with Crippen LogP contribution in [-0.4, -0.2) is 26.4 Å². The zero-order chi connectivity index (χ0) is 12.1. The predicted octanol–water partition coefficient (Wildman–Crippen LogP) is 0.826. The molecule has 0 spiro atoms. The van der Waals surface area contributed by atoms with Gasteiger partial charge in [0, 0.05) is 6.54 Å². The molecular weight excluding hydrogens is 234 g/mol. The summed E-state index contributed by atoms with van der Waals surface area (Å²) in [5.41, 5.74) is 6.84. The first-order valence-electron chi connectivity index (χ1n) is 5.25. The summed E-state index contributed by atoms with van der Waals surface area (Å²) in [7, 11) is 0. The fourth-order valence-electron chi connectivity index (χ4n) is 1.44. The lowest BCUT2D eigenvalue weighted by atomic mass is 10.1. The normalized spacial score (nSPS) is 10.1. The highest BCUT2D eigenvalue weighted by molar-refractivity contribution is 7.80. The van der Waals surface area contributed by atoms with E-state index in [2.05, 4.69) is 27.5 Å². The van der Waals surface area contributed by atoms with E-state index in [0.717, 1.165) is 13.0 Å². The predicted molar refractivity (Wildman–Crippen MR) is 70.6 cm³/mol. The Hall–Kier alpha value is -1.95. The van der Waals surface area contributed by atoms with Gasteiger partial charge < -0.3 is 11.1 Å². The van der Waals surface area contributed by atoms with Crippen LogP contribution in [0.4, 0.5) is 5.95 Å². The van der Waals surface area contributed by atoms with E-state index in [1.54, 1.807) is 0 Å². The molecule has 1 aromatic heterocycles. The Kier molecular flexibility index (Phi) is 3.66. The van der Waals surface area contributed by atoms with E-state index in [1.807, 2.05) is 18.2 Å². The molecule has 0 amide bonds. The van der Waals surface area contributed by atoms with Crippen molar-refractivity contribution >= 4 is 23.3 Å². The highest BCUT2D eigenvalue weighted by atomic mass is 32.1. The Morgan fingerprint density at radius 2 is 2.12 bits per heavy atom. The molecule has 0 unspecified atom stereocenters. The van der Waals surface area contributed by atoms with Crippen molar-refractivity contribution in [1.82, 2.24) is 20.1 Å². The molecule has 0 saturated heterocycles. The molecule has 0 fully saturated rings. The van der Waals surface area contributed by atoms with Gasteiger partial charge in [0.25, 0.3) is 0 Å². The van der Waals surface area contributed by atoms with Gasteiger partial charge in [0.15, 0.2) is 5.11 Å². The molecule has 2 rings (SSSR count). The lowest BCUT2D eigenvalue weighted by molar-refractivity contribution is 0.820. The fraction of sp³-hybridized carbons (Fsp3) is 0.182. The van der Waals surface area contributed by atoms with Gasteiger partial charge in [-0.1, -0.05) is 30.3 Å². The smallest absolute Gasteiger partial charge is 0.225 e. The lowest BCUT2D eigenvalue weighted by Crippen LogP contribution is -2.31. The largest absolute Gasteiger partial charge is 0.368 e. The average molecular weight is 247 g/mol. The van der Waals surface area contributed by atoms with Gasteiger partial charge in [-0.2, -0.15) is 14.8 Å². The van der Waals surface area contributed by atoms with E-state index in [1.165, 1.54) is 16.6 Å². The number of aromatic nitrogens is 3. The first-order chi connectivity index (χ1) is 8.27. The molecule has 0 aliphatic rings. The van der Waals surface area contributed by atoms with Crippen LogP contribution < -0.4 is 11.1 Å². The Balaban J connectivity index is 1.84. The summed E-state index contributed by atoms with van der Waals surface area (Å²) < 4.78 is 1.40. The van der Waals surface area contributed by atoms with Gasteiger partial charge in [-0.3, -0.25) is 0 Å². The van der Waals surface area contributed by atoms with E-state index < -0.39 is 0 Å². The maximum absolute atomic E-state index is 5.59. The van der Waals surface area contributed by atoms with Gasteiger partial charge in [0.05, 0.1) is 0 Å². The lowest BCUT2D eigenvalue weighted by Gasteiger charge is -2.08. The van der Waals surface area contributed by atoms with Crippen molar-refractivity contribution in [1.29, 1.82) is 0 Å². The van der Waals surface area contributed by atoms with Crippen molar-refractivity contribution < 1.29 is 0 Å². The number of thiocarbonyl (C=S) groups is 1. The van der Waals surface area contributed by atoms with Gasteiger partial charge in [-0.05, 0) is 24.2 Å². The minimum Gasteiger partial charge on any atom is -0.368 e. The highest BCUT2D eigenvalue weighted by Gasteiger charge is 2.04. The number of hydrogen-bond donors (Lipinski definition) is 2. The van der Waals surface area contributed by atoms with E-state index in [-0.39, 0.29) is 0 Å².